The van der Waals surface area contributed by atoms with Crippen LogP contribution in [0.1, 0.15) is 6.92 Å². The fourth-order valence-electron chi connectivity index (χ4n) is 1.43. The van der Waals surface area contributed by atoms with Gasteiger partial charge in [-0.3, -0.25) is 4.79 Å². The van der Waals surface area contributed by atoms with Crippen LogP contribution in [0.5, 0.6) is 0 Å². The monoisotopic (exact) mass is 433 g/mol. The van der Waals surface area contributed by atoms with Crippen molar-refractivity contribution in [3.05, 3.63) is 13.6 Å². The molecule has 0 aromatic carbocycles. The van der Waals surface area contributed by atoms with Crippen LogP contribution in [-0.2, 0) is 19.6 Å². The Kier molecular flexibility index (Phi) is 5.99. The van der Waals surface area contributed by atoms with E-state index in [2.05, 4.69) is 36.6 Å². The number of esters is 1. The summed E-state index contributed by atoms with van der Waals surface area (Å²) in [6.45, 7) is 1.69. The maximum atomic E-state index is 12.3. The van der Waals surface area contributed by atoms with E-state index in [0.29, 0.717) is 7.57 Å². The van der Waals surface area contributed by atoms with Gasteiger partial charge in [0, 0.05) is 13.6 Å². The highest BCUT2D eigenvalue weighted by Crippen LogP contribution is 2.36. The molecule has 0 N–H and O–H groups in total. The highest BCUT2D eigenvalue weighted by molar-refractivity contribution is 9.12. The highest BCUT2D eigenvalue weighted by atomic mass is 79.9. The number of hydrogen-bond donors (Lipinski definition) is 0. The van der Waals surface area contributed by atoms with Gasteiger partial charge in [0.05, 0.1) is 20.6 Å². The second-order valence-electron chi connectivity index (χ2n) is 3.90. The third-order valence-electron chi connectivity index (χ3n) is 2.45. The summed E-state index contributed by atoms with van der Waals surface area (Å²) in [6, 6.07) is 1.53. The summed E-state index contributed by atoms with van der Waals surface area (Å²) in [6.07, 6.45) is 0. The summed E-state index contributed by atoms with van der Waals surface area (Å²) in [5.41, 5.74) is 0. The van der Waals surface area contributed by atoms with Crippen LogP contribution < -0.4 is 0 Å². The smallest absolute Gasteiger partial charge is 0.309 e. The van der Waals surface area contributed by atoms with Crippen LogP contribution in [0.15, 0.2) is 18.5 Å². The average Bonchev–Trinajstić information content (AvgIpc) is 2.67. The summed E-state index contributed by atoms with van der Waals surface area (Å²) in [5.74, 6) is -0.960. The Hall–Kier alpha value is 0.0400. The molecule has 1 atom stereocenters. The quantitative estimate of drug-likeness (QED) is 0.668. The Balaban J connectivity index is 2.95. The number of rotatable bonds is 5. The van der Waals surface area contributed by atoms with Gasteiger partial charge in [0.2, 0.25) is 10.0 Å². The molecular formula is C10H13Br2NO4S2. The number of ether oxygens (including phenoxy) is 1. The van der Waals surface area contributed by atoms with Crippen molar-refractivity contribution in [3.8, 4) is 0 Å². The van der Waals surface area contributed by atoms with Gasteiger partial charge in [-0.15, -0.1) is 11.3 Å². The molecule has 0 radical (unpaired) electrons. The van der Waals surface area contributed by atoms with Crippen molar-refractivity contribution in [3.63, 3.8) is 0 Å². The predicted molar refractivity (Wildman–Crippen MR) is 80.7 cm³/mol. The number of hydrogen-bond acceptors (Lipinski definition) is 5. The van der Waals surface area contributed by atoms with Gasteiger partial charge in [0.1, 0.15) is 4.90 Å². The first-order chi connectivity index (χ1) is 8.70. The van der Waals surface area contributed by atoms with E-state index < -0.39 is 21.9 Å². The van der Waals surface area contributed by atoms with Crippen molar-refractivity contribution in [1.82, 2.24) is 4.31 Å². The predicted octanol–water partition coefficient (Wildman–Crippen LogP) is 2.70. The lowest BCUT2D eigenvalue weighted by Crippen LogP contribution is -2.34. The second kappa shape index (κ2) is 6.66. The first kappa shape index (κ1) is 17.1. The SMILES string of the molecule is COC(=O)C(C)CN(C)S(=O)(=O)c1cc(Br)sc1Br. The lowest BCUT2D eigenvalue weighted by atomic mass is 10.2. The van der Waals surface area contributed by atoms with Crippen LogP contribution in [0, 0.1) is 5.92 Å². The van der Waals surface area contributed by atoms with E-state index in [-0.39, 0.29) is 11.4 Å². The first-order valence-corrected chi connectivity index (χ1v) is 9.03. The van der Waals surface area contributed by atoms with Crippen molar-refractivity contribution < 1.29 is 17.9 Å². The van der Waals surface area contributed by atoms with Crippen LogP contribution in [0.25, 0.3) is 0 Å². The Labute approximate surface area is 133 Å². The van der Waals surface area contributed by atoms with Gasteiger partial charge < -0.3 is 4.74 Å². The summed E-state index contributed by atoms with van der Waals surface area (Å²) in [7, 11) is -0.912. The molecule has 1 unspecified atom stereocenters. The van der Waals surface area contributed by atoms with E-state index in [1.807, 2.05) is 0 Å². The summed E-state index contributed by atoms with van der Waals surface area (Å²) in [4.78, 5) is 11.5. The zero-order chi connectivity index (χ0) is 14.8. The number of carbonyl (C=O) groups excluding carboxylic acids is 1. The molecule has 0 aliphatic rings. The third-order valence-corrected chi connectivity index (χ3v) is 7.03. The average molecular weight is 435 g/mol. The Morgan fingerprint density at radius 2 is 2.11 bits per heavy atom. The zero-order valence-electron chi connectivity index (χ0n) is 10.5. The molecular weight excluding hydrogens is 422 g/mol. The van der Waals surface area contributed by atoms with Crippen molar-refractivity contribution in [2.45, 2.75) is 11.8 Å². The van der Waals surface area contributed by atoms with Crippen molar-refractivity contribution in [1.29, 1.82) is 0 Å². The molecule has 108 valence electrons. The van der Waals surface area contributed by atoms with E-state index in [1.165, 1.54) is 31.6 Å². The maximum absolute atomic E-state index is 12.3. The van der Waals surface area contributed by atoms with Gasteiger partial charge in [0.15, 0.2) is 0 Å². The lowest BCUT2D eigenvalue weighted by molar-refractivity contribution is -0.144. The molecule has 0 saturated carbocycles. The van der Waals surface area contributed by atoms with Crippen LogP contribution in [0.2, 0.25) is 0 Å². The fourth-order valence-corrected chi connectivity index (χ4v) is 6.45. The van der Waals surface area contributed by atoms with Crippen molar-refractivity contribution >= 4 is 59.2 Å². The largest absolute Gasteiger partial charge is 0.469 e. The van der Waals surface area contributed by atoms with Crippen LogP contribution >= 0.6 is 43.2 Å². The maximum Gasteiger partial charge on any atom is 0.309 e. The number of sulfonamides is 1. The van der Waals surface area contributed by atoms with Gasteiger partial charge in [-0.25, -0.2) is 12.7 Å². The van der Waals surface area contributed by atoms with Crippen LogP contribution in [0.3, 0.4) is 0 Å². The van der Waals surface area contributed by atoms with E-state index in [4.69, 9.17) is 0 Å². The second-order valence-corrected chi connectivity index (χ2v) is 9.66. The van der Waals surface area contributed by atoms with E-state index in [0.717, 1.165) is 4.31 Å². The number of nitrogens with zero attached hydrogens (tertiary/aromatic N) is 1. The Morgan fingerprint density at radius 1 is 1.53 bits per heavy atom. The van der Waals surface area contributed by atoms with Crippen molar-refractivity contribution in [2.75, 3.05) is 20.7 Å². The number of carbonyl (C=O) groups is 1. The molecule has 0 aliphatic heterocycles. The van der Waals surface area contributed by atoms with E-state index in [1.54, 1.807) is 6.92 Å². The topological polar surface area (TPSA) is 63.7 Å². The minimum Gasteiger partial charge on any atom is -0.469 e. The van der Waals surface area contributed by atoms with Gasteiger partial charge in [-0.1, -0.05) is 6.92 Å². The van der Waals surface area contributed by atoms with Crippen LogP contribution in [-0.4, -0.2) is 39.4 Å². The fraction of sp³-hybridized carbons (Fsp3) is 0.500. The van der Waals surface area contributed by atoms with Crippen molar-refractivity contribution in [2.24, 2.45) is 5.92 Å². The van der Waals surface area contributed by atoms with Gasteiger partial charge in [0.25, 0.3) is 0 Å². The molecule has 0 saturated heterocycles. The van der Waals surface area contributed by atoms with Gasteiger partial charge in [-0.2, -0.15) is 0 Å². The molecule has 19 heavy (non-hydrogen) atoms. The normalized spacial score (nSPS) is 13.6. The lowest BCUT2D eigenvalue weighted by Gasteiger charge is -2.19. The Bertz CT molecular complexity index is 570. The number of halogens is 2. The van der Waals surface area contributed by atoms with Gasteiger partial charge >= 0.3 is 5.97 Å². The molecule has 1 aromatic rings. The standard InChI is InChI=1S/C10H13Br2NO4S2/c1-6(10(14)17-3)5-13(2)19(15,16)7-4-8(11)18-9(7)12/h4,6H,5H2,1-3H3. The minimum absolute atomic E-state index is 0.0644. The minimum atomic E-state index is -3.63. The number of thiophene rings is 1. The first-order valence-electron chi connectivity index (χ1n) is 5.19. The molecule has 1 heterocycles. The molecule has 9 heteroatoms. The molecule has 0 amide bonds. The zero-order valence-corrected chi connectivity index (χ0v) is 15.3. The molecule has 0 aliphatic carbocycles. The molecule has 0 spiro atoms. The van der Waals surface area contributed by atoms with Crippen LogP contribution in [0.4, 0.5) is 0 Å². The summed E-state index contributed by atoms with van der Waals surface area (Å²) < 4.78 is 31.7. The summed E-state index contributed by atoms with van der Waals surface area (Å²) >= 11 is 7.74. The molecule has 1 rings (SSSR count). The van der Waals surface area contributed by atoms with E-state index in [9.17, 15) is 13.2 Å². The molecule has 0 fully saturated rings. The third kappa shape index (κ3) is 4.01. The molecule has 5 nitrogen and oxygen atoms in total. The highest BCUT2D eigenvalue weighted by Gasteiger charge is 2.28. The molecule has 1 aromatic heterocycles. The molecule has 0 bridgehead atoms. The summed E-state index contributed by atoms with van der Waals surface area (Å²) in [5, 5.41) is 0. The number of methoxy groups -OCH3 is 1. The van der Waals surface area contributed by atoms with E-state index >= 15 is 0 Å². The Morgan fingerprint density at radius 3 is 2.53 bits per heavy atom. The van der Waals surface area contributed by atoms with Gasteiger partial charge in [-0.05, 0) is 37.9 Å².